The summed E-state index contributed by atoms with van der Waals surface area (Å²) in [5, 5.41) is 9.70. The third-order valence-corrected chi connectivity index (χ3v) is 6.56. The van der Waals surface area contributed by atoms with Gasteiger partial charge in [0.05, 0.1) is 15.9 Å². The van der Waals surface area contributed by atoms with Gasteiger partial charge in [-0.15, -0.1) is 11.6 Å². The van der Waals surface area contributed by atoms with Crippen molar-refractivity contribution in [1.29, 1.82) is 0 Å². The third-order valence-electron chi connectivity index (χ3n) is 4.66. The Bertz CT molecular complexity index is 1200. The predicted octanol–water partition coefficient (Wildman–Crippen LogP) is 4.41. The summed E-state index contributed by atoms with van der Waals surface area (Å²) >= 11 is 6.47. The van der Waals surface area contributed by atoms with Crippen LogP contribution in [0.1, 0.15) is 27.5 Å². The number of carbonyl (C=O) groups excluding carboxylic acids is 1. The van der Waals surface area contributed by atoms with Gasteiger partial charge < -0.3 is 0 Å². The molecule has 1 N–H and O–H groups in total. The highest BCUT2D eigenvalue weighted by Gasteiger charge is 2.33. The summed E-state index contributed by atoms with van der Waals surface area (Å²) in [6, 6.07) is 18.8. The molecule has 160 valence electrons. The van der Waals surface area contributed by atoms with Crippen LogP contribution >= 0.6 is 11.6 Å². The molecule has 0 radical (unpaired) electrons. The molecule has 9 heteroatoms. The molecule has 31 heavy (non-hydrogen) atoms. The summed E-state index contributed by atoms with van der Waals surface area (Å²) in [6.07, 6.45) is 0. The van der Waals surface area contributed by atoms with Crippen molar-refractivity contribution in [1.82, 2.24) is 4.72 Å². The van der Waals surface area contributed by atoms with Gasteiger partial charge in [0.1, 0.15) is 5.38 Å². The first-order valence-corrected chi connectivity index (χ1v) is 11.2. The standard InChI is InChI=1S/C22H19ClN2O5S/c1-15-10-12-19(13-11-15)31(29,30)24-21(16-6-3-2-4-7-16)20(23)22(26)17-8-5-9-18(14-17)25(27)28/h2-14,20-21,24H,1H3/t20-,21-/m1/s1. The Morgan fingerprint density at radius 3 is 2.26 bits per heavy atom. The number of carbonyl (C=O) groups is 1. The van der Waals surface area contributed by atoms with E-state index in [0.717, 1.165) is 11.6 Å². The second-order valence-electron chi connectivity index (χ2n) is 6.90. The van der Waals surface area contributed by atoms with E-state index in [4.69, 9.17) is 11.6 Å². The summed E-state index contributed by atoms with van der Waals surface area (Å²) in [7, 11) is -4.00. The van der Waals surface area contributed by atoms with Crippen LogP contribution in [0.3, 0.4) is 0 Å². The molecule has 2 atom stereocenters. The summed E-state index contributed by atoms with van der Waals surface area (Å²) in [4.78, 5) is 23.5. The summed E-state index contributed by atoms with van der Waals surface area (Å²) in [5.74, 6) is -0.633. The number of nitrogens with zero attached hydrogens (tertiary/aromatic N) is 1. The van der Waals surface area contributed by atoms with Crippen LogP contribution in [0.2, 0.25) is 0 Å². The van der Waals surface area contributed by atoms with Gasteiger partial charge in [0.2, 0.25) is 10.0 Å². The summed E-state index contributed by atoms with van der Waals surface area (Å²) in [6.45, 7) is 1.84. The van der Waals surface area contributed by atoms with E-state index in [-0.39, 0.29) is 16.1 Å². The van der Waals surface area contributed by atoms with Crippen molar-refractivity contribution in [3.8, 4) is 0 Å². The van der Waals surface area contributed by atoms with Crippen molar-refractivity contribution < 1.29 is 18.1 Å². The number of nitrogens with one attached hydrogen (secondary N) is 1. The van der Waals surface area contributed by atoms with Gasteiger partial charge in [0.25, 0.3) is 5.69 Å². The van der Waals surface area contributed by atoms with Crippen LogP contribution in [0.5, 0.6) is 0 Å². The second-order valence-corrected chi connectivity index (χ2v) is 9.08. The fourth-order valence-electron chi connectivity index (χ4n) is 2.99. The van der Waals surface area contributed by atoms with E-state index in [1.165, 1.54) is 30.3 Å². The minimum atomic E-state index is -4.00. The zero-order valence-electron chi connectivity index (χ0n) is 16.4. The molecule has 0 spiro atoms. The fourth-order valence-corrected chi connectivity index (χ4v) is 4.64. The maximum Gasteiger partial charge on any atom is 0.270 e. The number of hydrogen-bond donors (Lipinski definition) is 1. The molecule has 0 aromatic heterocycles. The average molecular weight is 459 g/mol. The van der Waals surface area contributed by atoms with Gasteiger partial charge in [-0.05, 0) is 24.6 Å². The number of benzene rings is 3. The lowest BCUT2D eigenvalue weighted by Gasteiger charge is -2.23. The normalized spacial score (nSPS) is 13.4. The number of Topliss-reactive ketones (excluding diaryl/α,β-unsaturated/α-hetero) is 1. The van der Waals surface area contributed by atoms with Crippen molar-refractivity contribution in [3.05, 3.63) is 106 Å². The maximum atomic E-state index is 13.0. The first-order chi connectivity index (χ1) is 14.7. The molecule has 0 fully saturated rings. The number of non-ortho nitro benzene ring substituents is 1. The van der Waals surface area contributed by atoms with E-state index in [0.29, 0.717) is 5.56 Å². The Hall–Kier alpha value is -3.07. The molecule has 0 bridgehead atoms. The monoisotopic (exact) mass is 458 g/mol. The highest BCUT2D eigenvalue weighted by molar-refractivity contribution is 7.89. The van der Waals surface area contributed by atoms with Crippen LogP contribution in [0, 0.1) is 17.0 Å². The molecule has 0 heterocycles. The molecule has 0 amide bonds. The minimum Gasteiger partial charge on any atom is -0.292 e. The number of nitro benzene ring substituents is 1. The molecule has 7 nitrogen and oxygen atoms in total. The van der Waals surface area contributed by atoms with E-state index in [1.54, 1.807) is 42.5 Å². The Morgan fingerprint density at radius 1 is 1.00 bits per heavy atom. The molecule has 0 saturated carbocycles. The molecular formula is C22H19ClN2O5S. The summed E-state index contributed by atoms with van der Waals surface area (Å²) < 4.78 is 28.4. The highest BCUT2D eigenvalue weighted by atomic mass is 35.5. The Labute approximate surface area is 184 Å². The van der Waals surface area contributed by atoms with E-state index in [9.17, 15) is 23.3 Å². The van der Waals surface area contributed by atoms with Gasteiger partial charge >= 0.3 is 0 Å². The third kappa shape index (κ3) is 5.35. The number of halogens is 1. The molecule has 0 saturated heterocycles. The second kappa shape index (κ2) is 9.38. The molecule has 0 aliphatic rings. The van der Waals surface area contributed by atoms with Crippen molar-refractivity contribution in [2.45, 2.75) is 23.2 Å². The topological polar surface area (TPSA) is 106 Å². The van der Waals surface area contributed by atoms with Gasteiger partial charge in [-0.25, -0.2) is 13.1 Å². The Balaban J connectivity index is 1.97. The number of rotatable bonds is 8. The maximum absolute atomic E-state index is 13.0. The largest absolute Gasteiger partial charge is 0.292 e. The van der Waals surface area contributed by atoms with Crippen LogP contribution in [-0.4, -0.2) is 24.5 Å². The van der Waals surface area contributed by atoms with Crippen molar-refractivity contribution >= 4 is 33.1 Å². The van der Waals surface area contributed by atoms with Crippen LogP contribution in [0.15, 0.2) is 83.8 Å². The molecule has 3 rings (SSSR count). The molecule has 3 aromatic rings. The summed E-state index contributed by atoms with van der Waals surface area (Å²) in [5.41, 5.74) is 1.14. The Kier molecular flexibility index (Phi) is 6.84. The lowest BCUT2D eigenvalue weighted by atomic mass is 9.98. The van der Waals surface area contributed by atoms with Crippen molar-refractivity contribution in [3.63, 3.8) is 0 Å². The first kappa shape index (κ1) is 22.6. The zero-order valence-corrected chi connectivity index (χ0v) is 18.0. The smallest absolute Gasteiger partial charge is 0.270 e. The SMILES string of the molecule is Cc1ccc(S(=O)(=O)N[C@H](c2ccccc2)[C@@H](Cl)C(=O)c2cccc([N+](=O)[O-])c2)cc1. The van der Waals surface area contributed by atoms with Gasteiger partial charge in [-0.3, -0.25) is 14.9 Å². The zero-order chi connectivity index (χ0) is 22.6. The lowest BCUT2D eigenvalue weighted by Crippen LogP contribution is -2.37. The van der Waals surface area contributed by atoms with Gasteiger partial charge in [0, 0.05) is 17.7 Å². The molecule has 0 aliphatic carbocycles. The molecule has 0 aliphatic heterocycles. The van der Waals surface area contributed by atoms with E-state index < -0.39 is 32.1 Å². The molecule has 3 aromatic carbocycles. The number of ketones is 1. The molecular weight excluding hydrogens is 440 g/mol. The van der Waals surface area contributed by atoms with E-state index in [2.05, 4.69) is 4.72 Å². The van der Waals surface area contributed by atoms with E-state index >= 15 is 0 Å². The van der Waals surface area contributed by atoms with Gasteiger partial charge in [-0.2, -0.15) is 0 Å². The highest BCUT2D eigenvalue weighted by Crippen LogP contribution is 2.28. The van der Waals surface area contributed by atoms with Crippen LogP contribution in [-0.2, 0) is 10.0 Å². The van der Waals surface area contributed by atoms with E-state index in [1.807, 2.05) is 6.92 Å². The average Bonchev–Trinajstić information content (AvgIpc) is 2.77. The minimum absolute atomic E-state index is 0.0182. The number of hydrogen-bond acceptors (Lipinski definition) is 5. The van der Waals surface area contributed by atoms with Crippen LogP contribution in [0.25, 0.3) is 0 Å². The Morgan fingerprint density at radius 2 is 1.65 bits per heavy atom. The lowest BCUT2D eigenvalue weighted by molar-refractivity contribution is -0.384. The fraction of sp³-hybridized carbons (Fsp3) is 0.136. The van der Waals surface area contributed by atoms with Crippen LogP contribution < -0.4 is 4.72 Å². The predicted molar refractivity (Wildman–Crippen MR) is 118 cm³/mol. The number of nitro groups is 1. The van der Waals surface area contributed by atoms with Crippen molar-refractivity contribution in [2.24, 2.45) is 0 Å². The van der Waals surface area contributed by atoms with Gasteiger partial charge in [-0.1, -0.05) is 60.2 Å². The number of aryl methyl sites for hydroxylation is 1. The number of alkyl halides is 1. The van der Waals surface area contributed by atoms with Crippen LogP contribution in [0.4, 0.5) is 5.69 Å². The van der Waals surface area contributed by atoms with Crippen molar-refractivity contribution in [2.75, 3.05) is 0 Å². The van der Waals surface area contributed by atoms with Gasteiger partial charge in [0.15, 0.2) is 5.78 Å². The number of sulfonamides is 1. The quantitative estimate of drug-likeness (QED) is 0.233. The molecule has 0 unspecified atom stereocenters. The first-order valence-electron chi connectivity index (χ1n) is 9.26.